The van der Waals surface area contributed by atoms with Gasteiger partial charge in [-0.15, -0.1) is 0 Å². The fraction of sp³-hybridized carbons (Fsp3) is 0.368. The summed E-state index contributed by atoms with van der Waals surface area (Å²) in [4.78, 5) is 16.1. The topological polar surface area (TPSA) is 63.2 Å². The highest BCUT2D eigenvalue weighted by Crippen LogP contribution is 2.18. The molecule has 5 nitrogen and oxygen atoms in total. The van der Waals surface area contributed by atoms with Crippen molar-refractivity contribution in [3.05, 3.63) is 66.0 Å². The van der Waals surface area contributed by atoms with E-state index in [4.69, 9.17) is 4.74 Å². The maximum absolute atomic E-state index is 12.1. The molecule has 0 unspecified atom stereocenters. The number of rotatable bonds is 6. The molecule has 2 atom stereocenters. The average molecular weight is 325 g/mol. The first-order chi connectivity index (χ1) is 11.8. The van der Waals surface area contributed by atoms with Crippen molar-refractivity contribution in [1.29, 1.82) is 0 Å². The van der Waals surface area contributed by atoms with Crippen molar-refractivity contribution in [2.75, 3.05) is 19.8 Å². The zero-order valence-corrected chi connectivity index (χ0v) is 13.7. The van der Waals surface area contributed by atoms with Gasteiger partial charge in [0, 0.05) is 24.9 Å². The van der Waals surface area contributed by atoms with Crippen LogP contribution in [-0.4, -0.2) is 36.8 Å². The Bertz CT molecular complexity index is 634. The second-order valence-electron chi connectivity index (χ2n) is 6.10. The van der Waals surface area contributed by atoms with Gasteiger partial charge in [-0.25, -0.2) is 4.79 Å². The minimum absolute atomic E-state index is 0.0508. The number of hydrogen-bond donors (Lipinski definition) is 2. The highest BCUT2D eigenvalue weighted by atomic mass is 16.5. The van der Waals surface area contributed by atoms with Crippen molar-refractivity contribution >= 4 is 6.03 Å². The van der Waals surface area contributed by atoms with Gasteiger partial charge in [0.2, 0.25) is 0 Å². The lowest BCUT2D eigenvalue weighted by molar-refractivity contribution is 0.182. The second-order valence-corrected chi connectivity index (χ2v) is 6.10. The smallest absolute Gasteiger partial charge is 0.315 e. The van der Waals surface area contributed by atoms with Crippen LogP contribution in [0.4, 0.5) is 4.79 Å². The van der Waals surface area contributed by atoms with Crippen LogP contribution >= 0.6 is 0 Å². The number of amides is 2. The third-order valence-electron chi connectivity index (χ3n) is 4.30. The molecule has 1 aliphatic heterocycles. The van der Waals surface area contributed by atoms with E-state index in [9.17, 15) is 4.79 Å². The molecule has 0 saturated carbocycles. The number of ether oxygens (including phenoxy) is 1. The molecule has 126 valence electrons. The van der Waals surface area contributed by atoms with Crippen LogP contribution in [0.3, 0.4) is 0 Å². The largest absolute Gasteiger partial charge is 0.379 e. The highest BCUT2D eigenvalue weighted by molar-refractivity contribution is 5.74. The Labute approximate surface area is 142 Å². The Morgan fingerprint density at radius 1 is 1.08 bits per heavy atom. The molecule has 1 saturated heterocycles. The lowest BCUT2D eigenvalue weighted by Gasteiger charge is -2.19. The predicted molar refractivity (Wildman–Crippen MR) is 92.7 cm³/mol. The van der Waals surface area contributed by atoms with E-state index >= 15 is 0 Å². The summed E-state index contributed by atoms with van der Waals surface area (Å²) in [5, 5.41) is 5.97. The Morgan fingerprint density at radius 3 is 2.67 bits per heavy atom. The zero-order valence-electron chi connectivity index (χ0n) is 13.7. The number of pyridine rings is 1. The van der Waals surface area contributed by atoms with E-state index in [0.29, 0.717) is 25.7 Å². The molecule has 24 heavy (non-hydrogen) atoms. The third kappa shape index (κ3) is 4.80. The molecule has 2 heterocycles. The Balaban J connectivity index is 1.43. The first kappa shape index (κ1) is 16.5. The molecule has 0 bridgehead atoms. The summed E-state index contributed by atoms with van der Waals surface area (Å²) in [6.45, 7) is 1.87. The summed E-state index contributed by atoms with van der Waals surface area (Å²) in [6.07, 6.45) is 5.31. The quantitative estimate of drug-likeness (QED) is 0.856. The van der Waals surface area contributed by atoms with E-state index in [1.165, 1.54) is 11.1 Å². The van der Waals surface area contributed by atoms with Crippen LogP contribution in [0.25, 0.3) is 0 Å². The lowest BCUT2D eigenvalue weighted by atomic mass is 9.95. The van der Waals surface area contributed by atoms with Crippen molar-refractivity contribution in [3.63, 3.8) is 0 Å². The van der Waals surface area contributed by atoms with Crippen LogP contribution in [0.1, 0.15) is 11.1 Å². The van der Waals surface area contributed by atoms with Crippen molar-refractivity contribution in [2.45, 2.75) is 18.9 Å². The molecule has 2 amide bonds. The summed E-state index contributed by atoms with van der Waals surface area (Å²) in [6, 6.07) is 14.1. The SMILES string of the molecule is O=C(NCCc1ccccc1)N[C@@H]1COC[C@H]1Cc1ccncc1. The van der Waals surface area contributed by atoms with E-state index in [1.54, 1.807) is 12.4 Å². The summed E-state index contributed by atoms with van der Waals surface area (Å²) < 4.78 is 5.56. The highest BCUT2D eigenvalue weighted by Gasteiger charge is 2.29. The Morgan fingerprint density at radius 2 is 1.88 bits per heavy atom. The van der Waals surface area contributed by atoms with Gasteiger partial charge < -0.3 is 15.4 Å². The summed E-state index contributed by atoms with van der Waals surface area (Å²) in [5.41, 5.74) is 2.44. The molecule has 5 heteroatoms. The minimum Gasteiger partial charge on any atom is -0.379 e. The van der Waals surface area contributed by atoms with Gasteiger partial charge in [-0.2, -0.15) is 0 Å². The molecule has 0 spiro atoms. The van der Waals surface area contributed by atoms with Gasteiger partial charge in [-0.05, 0) is 36.1 Å². The average Bonchev–Trinajstić information content (AvgIpc) is 3.03. The van der Waals surface area contributed by atoms with Crippen LogP contribution in [0.5, 0.6) is 0 Å². The molecule has 0 aliphatic carbocycles. The summed E-state index contributed by atoms with van der Waals surface area (Å²) in [7, 11) is 0. The maximum atomic E-state index is 12.1. The van der Waals surface area contributed by atoms with E-state index in [1.807, 2.05) is 30.3 Å². The number of carbonyl (C=O) groups excluding carboxylic acids is 1. The minimum atomic E-state index is -0.124. The molecule has 2 aromatic rings. The number of hydrogen-bond acceptors (Lipinski definition) is 3. The molecule has 1 fully saturated rings. The second kappa shape index (κ2) is 8.45. The maximum Gasteiger partial charge on any atom is 0.315 e. The van der Waals surface area contributed by atoms with Crippen LogP contribution in [0, 0.1) is 5.92 Å². The van der Waals surface area contributed by atoms with Gasteiger partial charge >= 0.3 is 6.03 Å². The monoisotopic (exact) mass is 325 g/mol. The number of carbonyl (C=O) groups is 1. The molecule has 0 radical (unpaired) electrons. The molecule has 1 aromatic heterocycles. The Hall–Kier alpha value is -2.40. The molecular formula is C19H23N3O2. The van der Waals surface area contributed by atoms with Gasteiger partial charge in [0.05, 0.1) is 19.3 Å². The van der Waals surface area contributed by atoms with Crippen molar-refractivity contribution < 1.29 is 9.53 Å². The van der Waals surface area contributed by atoms with Gasteiger partial charge in [-0.1, -0.05) is 30.3 Å². The van der Waals surface area contributed by atoms with E-state index < -0.39 is 0 Å². The van der Waals surface area contributed by atoms with Crippen molar-refractivity contribution in [2.24, 2.45) is 5.92 Å². The molecule has 3 rings (SSSR count). The van der Waals surface area contributed by atoms with Gasteiger partial charge in [0.1, 0.15) is 0 Å². The number of aromatic nitrogens is 1. The standard InChI is InChI=1S/C19H23N3O2/c23-19(21-11-8-15-4-2-1-3-5-15)22-18-14-24-13-17(18)12-16-6-9-20-10-7-16/h1-7,9-10,17-18H,8,11-14H2,(H2,21,22,23)/t17-,18-/m1/s1. The molecule has 1 aliphatic rings. The van der Waals surface area contributed by atoms with Gasteiger partial charge in [-0.3, -0.25) is 4.98 Å². The summed E-state index contributed by atoms with van der Waals surface area (Å²) >= 11 is 0. The van der Waals surface area contributed by atoms with Crippen molar-refractivity contribution in [1.82, 2.24) is 15.6 Å². The van der Waals surface area contributed by atoms with Crippen LogP contribution in [-0.2, 0) is 17.6 Å². The Kier molecular flexibility index (Phi) is 5.80. The van der Waals surface area contributed by atoms with Gasteiger partial charge in [0.15, 0.2) is 0 Å². The van der Waals surface area contributed by atoms with E-state index in [-0.39, 0.29) is 12.1 Å². The first-order valence-corrected chi connectivity index (χ1v) is 8.36. The fourth-order valence-electron chi connectivity index (χ4n) is 2.97. The first-order valence-electron chi connectivity index (χ1n) is 8.36. The number of urea groups is 1. The molecule has 1 aromatic carbocycles. The fourth-order valence-corrected chi connectivity index (χ4v) is 2.97. The van der Waals surface area contributed by atoms with Crippen LogP contribution < -0.4 is 10.6 Å². The predicted octanol–water partition coefficient (Wildman–Crippen LogP) is 2.18. The normalized spacial score (nSPS) is 19.8. The summed E-state index contributed by atoms with van der Waals surface area (Å²) in [5.74, 6) is 0.298. The molecule has 2 N–H and O–H groups in total. The number of benzene rings is 1. The third-order valence-corrected chi connectivity index (χ3v) is 4.30. The van der Waals surface area contributed by atoms with E-state index in [2.05, 4.69) is 27.8 Å². The van der Waals surface area contributed by atoms with E-state index in [0.717, 1.165) is 12.8 Å². The number of nitrogens with one attached hydrogen (secondary N) is 2. The van der Waals surface area contributed by atoms with Gasteiger partial charge in [0.25, 0.3) is 0 Å². The van der Waals surface area contributed by atoms with Crippen molar-refractivity contribution in [3.8, 4) is 0 Å². The number of nitrogens with zero attached hydrogens (tertiary/aromatic N) is 1. The lowest BCUT2D eigenvalue weighted by Crippen LogP contribution is -2.46. The zero-order chi connectivity index (χ0) is 16.6. The molecular weight excluding hydrogens is 302 g/mol. The van der Waals surface area contributed by atoms with Crippen LogP contribution in [0.2, 0.25) is 0 Å². The van der Waals surface area contributed by atoms with Crippen LogP contribution in [0.15, 0.2) is 54.9 Å².